The van der Waals surface area contributed by atoms with Gasteiger partial charge in [-0.15, -0.1) is 12.4 Å². The molecule has 4 nitrogen and oxygen atoms in total. The number of nitrogens with one attached hydrogen (secondary N) is 1. The van der Waals surface area contributed by atoms with Gasteiger partial charge in [0.15, 0.2) is 0 Å². The van der Waals surface area contributed by atoms with Crippen LogP contribution >= 0.6 is 12.4 Å². The molecule has 17 heavy (non-hydrogen) atoms. The van der Waals surface area contributed by atoms with E-state index < -0.39 is 12.7 Å². The zero-order valence-corrected chi connectivity index (χ0v) is 10.3. The first-order chi connectivity index (χ1) is 7.63. The molecule has 0 aliphatic carbocycles. The molecule has 1 aromatic carbocycles. The summed E-state index contributed by atoms with van der Waals surface area (Å²) in [7, 11) is 0. The van der Waals surface area contributed by atoms with Gasteiger partial charge in [-0.25, -0.2) is 4.39 Å². The summed E-state index contributed by atoms with van der Waals surface area (Å²) < 4.78 is 17.0. The monoisotopic (exact) mass is 262 g/mol. The van der Waals surface area contributed by atoms with E-state index >= 15 is 0 Å². The third kappa shape index (κ3) is 5.51. The lowest BCUT2D eigenvalue weighted by Gasteiger charge is -2.09. The van der Waals surface area contributed by atoms with Gasteiger partial charge in [-0.3, -0.25) is 4.79 Å². The number of anilines is 1. The Hall–Kier alpha value is -1.33. The summed E-state index contributed by atoms with van der Waals surface area (Å²) in [6, 6.07) is 6.16. The third-order valence-corrected chi connectivity index (χ3v) is 1.86. The van der Waals surface area contributed by atoms with Crippen LogP contribution in [0.25, 0.3) is 0 Å². The fourth-order valence-electron chi connectivity index (χ4n) is 1.08. The zero-order chi connectivity index (χ0) is 12.0. The van der Waals surface area contributed by atoms with Gasteiger partial charge < -0.3 is 15.8 Å². The molecule has 1 amide bonds. The molecule has 0 heterocycles. The predicted molar refractivity (Wildman–Crippen MR) is 67.4 cm³/mol. The number of benzene rings is 1. The van der Waals surface area contributed by atoms with Gasteiger partial charge in [0, 0.05) is 11.8 Å². The molecule has 6 heteroatoms. The van der Waals surface area contributed by atoms with Crippen LogP contribution in [0.2, 0.25) is 0 Å². The minimum absolute atomic E-state index is 0. The molecule has 0 saturated heterocycles. The number of hydrogen-bond donors (Lipinski definition) is 2. The number of nitrogens with two attached hydrogens (primary N) is 1. The first kappa shape index (κ1) is 15.7. The number of hydrogen-bond acceptors (Lipinski definition) is 3. The summed E-state index contributed by atoms with van der Waals surface area (Å²) in [4.78, 5) is 11.3. The number of halogens is 2. The molecule has 0 spiro atoms. The van der Waals surface area contributed by atoms with Crippen molar-refractivity contribution in [2.45, 2.75) is 13.0 Å². The van der Waals surface area contributed by atoms with Crippen LogP contribution in [0.4, 0.5) is 10.1 Å². The fourth-order valence-corrected chi connectivity index (χ4v) is 1.08. The Morgan fingerprint density at radius 2 is 2.29 bits per heavy atom. The highest BCUT2D eigenvalue weighted by Gasteiger charge is 2.07. The fraction of sp³-hybridized carbons (Fsp3) is 0.364. The lowest BCUT2D eigenvalue weighted by Crippen LogP contribution is -2.32. The third-order valence-electron chi connectivity index (χ3n) is 1.86. The lowest BCUT2D eigenvalue weighted by atomic mass is 10.2. The van der Waals surface area contributed by atoms with E-state index in [9.17, 15) is 9.18 Å². The number of rotatable bonds is 5. The van der Waals surface area contributed by atoms with Crippen LogP contribution in [0.3, 0.4) is 0 Å². The molecule has 1 aromatic rings. The summed E-state index contributed by atoms with van der Waals surface area (Å²) in [6.07, 6.45) is 0. The first-order valence-electron chi connectivity index (χ1n) is 4.98. The molecule has 0 radical (unpaired) electrons. The second-order valence-electron chi connectivity index (χ2n) is 3.34. The van der Waals surface area contributed by atoms with E-state index in [1.54, 1.807) is 31.2 Å². The number of carbonyl (C=O) groups excluding carboxylic acids is 1. The highest BCUT2D eigenvalue weighted by atomic mass is 35.5. The maximum atomic E-state index is 11.9. The van der Waals surface area contributed by atoms with E-state index in [4.69, 9.17) is 10.5 Å². The highest BCUT2D eigenvalue weighted by molar-refractivity contribution is 5.94. The molecule has 0 aliphatic heterocycles. The van der Waals surface area contributed by atoms with Crippen molar-refractivity contribution in [3.8, 4) is 5.75 Å². The molecule has 0 aliphatic rings. The quantitative estimate of drug-likeness (QED) is 0.850. The van der Waals surface area contributed by atoms with Crippen molar-refractivity contribution in [1.82, 2.24) is 0 Å². The number of alkyl halides is 1. The van der Waals surface area contributed by atoms with Crippen molar-refractivity contribution in [2.24, 2.45) is 5.73 Å². The van der Waals surface area contributed by atoms with Gasteiger partial charge in [0.2, 0.25) is 5.91 Å². The van der Waals surface area contributed by atoms with Gasteiger partial charge in [-0.05, 0) is 19.1 Å². The van der Waals surface area contributed by atoms with Crippen LogP contribution in [0.5, 0.6) is 5.75 Å². The number of carbonyl (C=O) groups is 1. The first-order valence-corrected chi connectivity index (χ1v) is 4.98. The Kier molecular flexibility index (Phi) is 7.25. The molecule has 96 valence electrons. The van der Waals surface area contributed by atoms with Crippen LogP contribution in [0.1, 0.15) is 6.92 Å². The van der Waals surface area contributed by atoms with Gasteiger partial charge in [-0.1, -0.05) is 6.07 Å². The Morgan fingerprint density at radius 3 is 2.88 bits per heavy atom. The Balaban J connectivity index is 0.00000256. The largest absolute Gasteiger partial charge is 0.491 e. The zero-order valence-electron chi connectivity index (χ0n) is 9.48. The Bertz CT molecular complexity index is 361. The summed E-state index contributed by atoms with van der Waals surface area (Å²) in [5.74, 6) is 0.239. The molecule has 3 N–H and O–H groups in total. The van der Waals surface area contributed by atoms with Gasteiger partial charge in [-0.2, -0.15) is 0 Å². The van der Waals surface area contributed by atoms with Crippen molar-refractivity contribution >= 4 is 24.0 Å². The van der Waals surface area contributed by atoms with Crippen LogP contribution < -0.4 is 15.8 Å². The van der Waals surface area contributed by atoms with E-state index in [1.165, 1.54) is 0 Å². The van der Waals surface area contributed by atoms with Crippen molar-refractivity contribution in [1.29, 1.82) is 0 Å². The van der Waals surface area contributed by atoms with E-state index in [1.807, 2.05) is 0 Å². The molecular formula is C11H16ClFN2O2. The van der Waals surface area contributed by atoms with E-state index in [2.05, 4.69) is 5.32 Å². The number of ether oxygens (including phenoxy) is 1. The normalized spacial score (nSPS) is 11.2. The predicted octanol–water partition coefficient (Wildman–Crippen LogP) is 1.74. The highest BCUT2D eigenvalue weighted by Crippen LogP contribution is 2.17. The topological polar surface area (TPSA) is 64.4 Å². The Morgan fingerprint density at radius 1 is 1.59 bits per heavy atom. The molecule has 0 unspecified atom stereocenters. The van der Waals surface area contributed by atoms with Crippen molar-refractivity contribution in [3.63, 3.8) is 0 Å². The average molecular weight is 263 g/mol. The molecule has 0 bridgehead atoms. The van der Waals surface area contributed by atoms with Gasteiger partial charge >= 0.3 is 0 Å². The number of amides is 1. The molecule has 1 atom stereocenters. The van der Waals surface area contributed by atoms with Gasteiger partial charge in [0.25, 0.3) is 0 Å². The minimum Gasteiger partial charge on any atom is -0.491 e. The smallest absolute Gasteiger partial charge is 0.241 e. The van der Waals surface area contributed by atoms with E-state index in [-0.39, 0.29) is 24.9 Å². The summed E-state index contributed by atoms with van der Waals surface area (Å²) in [5.41, 5.74) is 5.99. The molecule has 0 fully saturated rings. The average Bonchev–Trinajstić information content (AvgIpc) is 2.26. The van der Waals surface area contributed by atoms with Crippen LogP contribution in [-0.4, -0.2) is 25.2 Å². The van der Waals surface area contributed by atoms with Crippen LogP contribution in [0, 0.1) is 0 Å². The second-order valence-corrected chi connectivity index (χ2v) is 3.34. The van der Waals surface area contributed by atoms with Gasteiger partial charge in [0.1, 0.15) is 19.0 Å². The Labute approximate surface area is 106 Å². The summed E-state index contributed by atoms with van der Waals surface area (Å²) >= 11 is 0. The van der Waals surface area contributed by atoms with E-state index in [0.717, 1.165) is 0 Å². The maximum Gasteiger partial charge on any atom is 0.241 e. The van der Waals surface area contributed by atoms with Crippen molar-refractivity contribution in [2.75, 3.05) is 18.6 Å². The minimum atomic E-state index is -0.574. The molecular weight excluding hydrogens is 247 g/mol. The van der Waals surface area contributed by atoms with Crippen molar-refractivity contribution < 1.29 is 13.9 Å². The lowest BCUT2D eigenvalue weighted by molar-refractivity contribution is -0.117. The molecule has 0 saturated carbocycles. The van der Waals surface area contributed by atoms with Gasteiger partial charge in [0.05, 0.1) is 6.04 Å². The molecule has 0 aromatic heterocycles. The summed E-state index contributed by atoms with van der Waals surface area (Å²) in [5, 5.41) is 2.62. The summed E-state index contributed by atoms with van der Waals surface area (Å²) in [6.45, 7) is 1.06. The maximum absolute atomic E-state index is 11.9. The van der Waals surface area contributed by atoms with Crippen LogP contribution in [-0.2, 0) is 4.79 Å². The SMILES string of the molecule is C[C@H](N)C(=O)Nc1cccc(OCCF)c1.Cl. The van der Waals surface area contributed by atoms with Crippen LogP contribution in [0.15, 0.2) is 24.3 Å². The molecule has 1 rings (SSSR count). The standard InChI is InChI=1S/C11H15FN2O2.ClH/c1-8(13)11(15)14-9-3-2-4-10(7-9)16-6-5-12;/h2-4,7-8H,5-6,13H2,1H3,(H,14,15);1H/t8-;/m0./s1. The van der Waals surface area contributed by atoms with E-state index in [0.29, 0.717) is 11.4 Å². The second kappa shape index (κ2) is 7.86. The van der Waals surface area contributed by atoms with Crippen molar-refractivity contribution in [3.05, 3.63) is 24.3 Å².